The fourth-order valence-electron chi connectivity index (χ4n) is 1.54. The molecule has 0 aromatic heterocycles. The van der Waals surface area contributed by atoms with Gasteiger partial charge in [-0.15, -0.1) is 0 Å². The van der Waals surface area contributed by atoms with Crippen molar-refractivity contribution in [3.8, 4) is 0 Å². The van der Waals surface area contributed by atoms with Crippen LogP contribution >= 0.6 is 0 Å². The Morgan fingerprint density at radius 2 is 1.36 bits per heavy atom. The van der Waals surface area contributed by atoms with Crippen molar-refractivity contribution >= 4 is 17.9 Å². The van der Waals surface area contributed by atoms with Crippen LogP contribution < -0.4 is 0 Å². The Labute approximate surface area is 164 Å². The summed E-state index contributed by atoms with van der Waals surface area (Å²) < 4.78 is 4.50. The normalized spacial score (nSPS) is 12.9. The number of esters is 2. The molecule has 0 radical (unpaired) electrons. The number of allylic oxidation sites excluding steroid dienone is 1. The fourth-order valence-corrected chi connectivity index (χ4v) is 1.54. The van der Waals surface area contributed by atoms with Crippen molar-refractivity contribution in [1.29, 1.82) is 0 Å². The Hall–Kier alpha value is -2.33. The summed E-state index contributed by atoms with van der Waals surface area (Å²) in [6, 6.07) is 0. The smallest absolute Gasteiger partial charge is 0.343 e. The van der Waals surface area contributed by atoms with E-state index in [9.17, 15) is 19.5 Å². The summed E-state index contributed by atoms with van der Waals surface area (Å²) in [4.78, 5) is 32.8. The number of aliphatic hydroxyl groups is 4. The highest BCUT2D eigenvalue weighted by Gasteiger charge is 2.20. The predicted molar refractivity (Wildman–Crippen MR) is 101 cm³/mol. The van der Waals surface area contributed by atoms with Gasteiger partial charge in [-0.05, 0) is 39.5 Å². The first-order valence-corrected chi connectivity index (χ1v) is 8.61. The monoisotopic (exact) mass is 402 g/mol. The molecule has 0 aliphatic carbocycles. The molecule has 0 aromatic carbocycles. The first kappa shape index (κ1) is 27.9. The van der Waals surface area contributed by atoms with Gasteiger partial charge in [-0.25, -0.2) is 14.4 Å². The number of ether oxygens (including phenoxy) is 1. The van der Waals surface area contributed by atoms with E-state index in [4.69, 9.17) is 20.4 Å². The van der Waals surface area contributed by atoms with Crippen LogP contribution in [0.25, 0.3) is 0 Å². The van der Waals surface area contributed by atoms with Crippen LogP contribution in [0.5, 0.6) is 0 Å². The van der Waals surface area contributed by atoms with Gasteiger partial charge >= 0.3 is 17.9 Å². The van der Waals surface area contributed by atoms with E-state index in [-0.39, 0.29) is 37.2 Å². The quantitative estimate of drug-likeness (QED) is 0.188. The van der Waals surface area contributed by atoms with Crippen molar-refractivity contribution in [3.05, 3.63) is 36.0 Å². The second-order valence-corrected chi connectivity index (χ2v) is 5.77. The van der Waals surface area contributed by atoms with E-state index in [0.29, 0.717) is 18.4 Å². The molecule has 0 heterocycles. The largest absolute Gasteiger partial charge is 0.478 e. The van der Waals surface area contributed by atoms with Crippen LogP contribution in [0.1, 0.15) is 39.5 Å². The maximum atomic E-state index is 11.4. The Balaban J connectivity index is 0. The molecular weight excluding hydrogens is 372 g/mol. The number of carbonyl (C=O) groups is 3. The summed E-state index contributed by atoms with van der Waals surface area (Å²) >= 11 is 0. The number of rotatable bonds is 11. The third kappa shape index (κ3) is 12.1. The van der Waals surface area contributed by atoms with Gasteiger partial charge in [-0.3, -0.25) is 0 Å². The summed E-state index contributed by atoms with van der Waals surface area (Å²) in [5, 5.41) is 43.8. The van der Waals surface area contributed by atoms with Crippen molar-refractivity contribution in [2.45, 2.75) is 51.7 Å². The lowest BCUT2D eigenvalue weighted by molar-refractivity contribution is -0.154. The second-order valence-electron chi connectivity index (χ2n) is 5.77. The first-order valence-electron chi connectivity index (χ1n) is 8.61. The topological polar surface area (TPSA) is 162 Å². The standard InChI is InChI=1S/C12H18O5.C7H12O4/c1-4-8(2)11(15)17-12(16)9(3)10(14)6-5-7-13;1-5(7(10)11)6(9)3-2-4-8/h4,10,13-14H,3,5-7H2,1-2H3;6,8-9H,1-4H2,(H,10,11). The molecule has 160 valence electrons. The molecule has 5 N–H and O–H groups in total. The molecule has 2 atom stereocenters. The van der Waals surface area contributed by atoms with Crippen LogP contribution in [0, 0.1) is 0 Å². The molecule has 9 heteroatoms. The summed E-state index contributed by atoms with van der Waals surface area (Å²) in [7, 11) is 0. The van der Waals surface area contributed by atoms with Crippen LogP contribution in [0.4, 0.5) is 0 Å². The molecule has 0 amide bonds. The zero-order chi connectivity index (χ0) is 22.3. The highest BCUT2D eigenvalue weighted by molar-refractivity contribution is 6.01. The maximum Gasteiger partial charge on any atom is 0.343 e. The summed E-state index contributed by atoms with van der Waals surface area (Å²) in [6.07, 6.45) is 0.527. The van der Waals surface area contributed by atoms with Crippen molar-refractivity contribution in [3.63, 3.8) is 0 Å². The van der Waals surface area contributed by atoms with Crippen LogP contribution in [0.15, 0.2) is 36.0 Å². The van der Waals surface area contributed by atoms with E-state index in [1.54, 1.807) is 6.92 Å². The molecule has 0 aliphatic rings. The van der Waals surface area contributed by atoms with E-state index in [1.165, 1.54) is 13.0 Å². The lowest BCUT2D eigenvalue weighted by Crippen LogP contribution is -2.22. The van der Waals surface area contributed by atoms with Crippen molar-refractivity contribution in [1.82, 2.24) is 0 Å². The van der Waals surface area contributed by atoms with Gasteiger partial charge in [-0.1, -0.05) is 19.2 Å². The lowest BCUT2D eigenvalue weighted by Gasteiger charge is -2.11. The minimum atomic E-state index is -1.20. The SMILES string of the molecule is C=C(C(=O)O)C(O)CCCO.C=C(C(=O)OC(=O)C(C)=CC)C(O)CCCO. The second kappa shape index (κ2) is 15.7. The molecule has 0 aliphatic heterocycles. The van der Waals surface area contributed by atoms with Crippen molar-refractivity contribution in [2.75, 3.05) is 13.2 Å². The number of carbonyl (C=O) groups excluding carboxylic acids is 2. The third-order valence-electron chi connectivity index (χ3n) is 3.55. The number of carboxylic acids is 1. The average molecular weight is 402 g/mol. The molecule has 9 nitrogen and oxygen atoms in total. The van der Waals surface area contributed by atoms with Gasteiger partial charge in [0.25, 0.3) is 0 Å². The molecular formula is C19H30O9. The highest BCUT2D eigenvalue weighted by Crippen LogP contribution is 2.10. The van der Waals surface area contributed by atoms with E-state index in [0.717, 1.165) is 0 Å². The Kier molecular flexibility index (Phi) is 15.6. The molecule has 0 rings (SSSR count). The zero-order valence-electron chi connectivity index (χ0n) is 16.3. The van der Waals surface area contributed by atoms with E-state index in [1.807, 2.05) is 0 Å². The highest BCUT2D eigenvalue weighted by atomic mass is 16.6. The number of hydrogen-bond donors (Lipinski definition) is 5. The van der Waals surface area contributed by atoms with E-state index < -0.39 is 30.1 Å². The van der Waals surface area contributed by atoms with Crippen LogP contribution in [-0.2, 0) is 19.1 Å². The van der Waals surface area contributed by atoms with Gasteiger partial charge in [0.05, 0.1) is 23.4 Å². The van der Waals surface area contributed by atoms with Gasteiger partial charge in [-0.2, -0.15) is 0 Å². The molecule has 0 spiro atoms. The van der Waals surface area contributed by atoms with E-state index >= 15 is 0 Å². The molecule has 2 unspecified atom stereocenters. The molecule has 0 saturated heterocycles. The van der Waals surface area contributed by atoms with Gasteiger partial charge in [0.1, 0.15) is 0 Å². The zero-order valence-corrected chi connectivity index (χ0v) is 16.3. The first-order chi connectivity index (χ1) is 13.0. The minimum absolute atomic E-state index is 0.0516. The number of hydrogen-bond acceptors (Lipinski definition) is 8. The van der Waals surface area contributed by atoms with Gasteiger partial charge in [0.15, 0.2) is 0 Å². The molecule has 0 aromatic rings. The number of aliphatic hydroxyl groups excluding tert-OH is 4. The van der Waals surface area contributed by atoms with Crippen molar-refractivity contribution in [2.24, 2.45) is 0 Å². The van der Waals surface area contributed by atoms with Crippen LogP contribution in [-0.4, -0.2) is 68.9 Å². The number of carboxylic acid groups (broad SMARTS) is 1. The maximum absolute atomic E-state index is 11.4. The van der Waals surface area contributed by atoms with Gasteiger partial charge < -0.3 is 30.3 Å². The third-order valence-corrected chi connectivity index (χ3v) is 3.55. The lowest BCUT2D eigenvalue weighted by atomic mass is 10.1. The van der Waals surface area contributed by atoms with Crippen LogP contribution in [0.2, 0.25) is 0 Å². The Morgan fingerprint density at radius 1 is 0.929 bits per heavy atom. The molecule has 0 bridgehead atoms. The van der Waals surface area contributed by atoms with E-state index in [2.05, 4.69) is 17.9 Å². The average Bonchev–Trinajstić information content (AvgIpc) is 2.68. The molecule has 0 saturated carbocycles. The Bertz CT molecular complexity index is 578. The van der Waals surface area contributed by atoms with Gasteiger partial charge in [0, 0.05) is 18.8 Å². The Morgan fingerprint density at radius 3 is 1.71 bits per heavy atom. The van der Waals surface area contributed by atoms with Gasteiger partial charge in [0.2, 0.25) is 0 Å². The molecule has 0 fully saturated rings. The van der Waals surface area contributed by atoms with Crippen molar-refractivity contribution < 1.29 is 44.7 Å². The van der Waals surface area contributed by atoms with Crippen LogP contribution in [0.3, 0.4) is 0 Å². The predicted octanol–water partition coefficient (Wildman–Crippen LogP) is 0.473. The number of aliphatic carboxylic acids is 1. The summed E-state index contributed by atoms with van der Waals surface area (Å²) in [6.45, 7) is 9.56. The minimum Gasteiger partial charge on any atom is -0.478 e. The fraction of sp³-hybridized carbons (Fsp3) is 0.526. The molecule has 28 heavy (non-hydrogen) atoms. The summed E-state index contributed by atoms with van der Waals surface area (Å²) in [5.41, 5.74) is -0.106. The summed E-state index contributed by atoms with van der Waals surface area (Å²) in [5.74, 6) is -2.90.